The van der Waals surface area contributed by atoms with Gasteiger partial charge in [-0.3, -0.25) is 4.99 Å². The summed E-state index contributed by atoms with van der Waals surface area (Å²) in [4.78, 5) is 6.45. The number of piperidine rings is 1. The molecule has 4 nitrogen and oxygen atoms in total. The van der Waals surface area contributed by atoms with Crippen LogP contribution in [0.2, 0.25) is 0 Å². The third-order valence-electron chi connectivity index (χ3n) is 3.95. The van der Waals surface area contributed by atoms with Gasteiger partial charge in [-0.15, -0.1) is 24.0 Å². The van der Waals surface area contributed by atoms with Gasteiger partial charge in [0.05, 0.1) is 0 Å². The van der Waals surface area contributed by atoms with E-state index in [-0.39, 0.29) is 29.7 Å². The standard InChI is InChI=1S/C16H23F2N3O.HI/c1-12-7-10-21(11-8-12)16(19)20-9-6-13-4-2-3-5-14(13)22-15(17)18;/h2-5,12,15H,6-11H2,1H3,(H2,19,20);1H. The average molecular weight is 439 g/mol. The third kappa shape index (κ3) is 6.48. The van der Waals surface area contributed by atoms with Crippen LogP contribution >= 0.6 is 24.0 Å². The number of guanidine groups is 1. The van der Waals surface area contributed by atoms with Crippen LogP contribution in [0.15, 0.2) is 29.3 Å². The first-order valence-electron chi connectivity index (χ1n) is 7.64. The predicted octanol–water partition coefficient (Wildman–Crippen LogP) is 3.50. The quantitative estimate of drug-likeness (QED) is 0.434. The van der Waals surface area contributed by atoms with Crippen LogP contribution in [0.5, 0.6) is 5.75 Å². The van der Waals surface area contributed by atoms with Gasteiger partial charge in [-0.2, -0.15) is 8.78 Å². The van der Waals surface area contributed by atoms with Crippen molar-refractivity contribution >= 4 is 29.9 Å². The number of nitrogens with zero attached hydrogens (tertiary/aromatic N) is 2. The highest BCUT2D eigenvalue weighted by atomic mass is 127. The van der Waals surface area contributed by atoms with Crippen molar-refractivity contribution < 1.29 is 13.5 Å². The lowest BCUT2D eigenvalue weighted by Crippen LogP contribution is -2.42. The highest BCUT2D eigenvalue weighted by Gasteiger charge is 2.16. The number of hydrogen-bond acceptors (Lipinski definition) is 2. The number of alkyl halides is 2. The fourth-order valence-electron chi connectivity index (χ4n) is 2.55. The Morgan fingerprint density at radius 3 is 2.65 bits per heavy atom. The Bertz CT molecular complexity index is 506. The van der Waals surface area contributed by atoms with Crippen LogP contribution in [0.3, 0.4) is 0 Å². The number of likely N-dealkylation sites (tertiary alicyclic amines) is 1. The largest absolute Gasteiger partial charge is 0.435 e. The molecule has 1 aliphatic rings. The number of aliphatic imine (C=N–C) groups is 1. The molecule has 7 heteroatoms. The summed E-state index contributed by atoms with van der Waals surface area (Å²) in [5.74, 6) is 1.49. The maximum absolute atomic E-state index is 12.3. The highest BCUT2D eigenvalue weighted by Crippen LogP contribution is 2.21. The van der Waals surface area contributed by atoms with E-state index in [1.807, 2.05) is 0 Å². The predicted molar refractivity (Wildman–Crippen MR) is 98.7 cm³/mol. The summed E-state index contributed by atoms with van der Waals surface area (Å²) < 4.78 is 29.2. The van der Waals surface area contributed by atoms with E-state index in [9.17, 15) is 8.78 Å². The Hall–Kier alpha value is -1.12. The number of para-hydroxylation sites is 1. The van der Waals surface area contributed by atoms with E-state index in [1.165, 1.54) is 0 Å². The Balaban J connectivity index is 0.00000264. The molecule has 1 fully saturated rings. The molecule has 23 heavy (non-hydrogen) atoms. The van der Waals surface area contributed by atoms with E-state index in [0.717, 1.165) is 31.8 Å². The molecule has 1 heterocycles. The second-order valence-corrected chi connectivity index (χ2v) is 5.65. The molecular weight excluding hydrogens is 415 g/mol. The van der Waals surface area contributed by atoms with Gasteiger partial charge in [-0.05, 0) is 36.8 Å². The minimum absolute atomic E-state index is 0. The zero-order chi connectivity index (χ0) is 15.9. The first-order valence-corrected chi connectivity index (χ1v) is 7.64. The number of ether oxygens (including phenoxy) is 1. The van der Waals surface area contributed by atoms with Gasteiger partial charge in [0.2, 0.25) is 0 Å². The van der Waals surface area contributed by atoms with Gasteiger partial charge in [-0.1, -0.05) is 25.1 Å². The molecule has 1 aliphatic heterocycles. The first kappa shape index (κ1) is 19.9. The molecule has 130 valence electrons. The van der Waals surface area contributed by atoms with Crippen molar-refractivity contribution in [2.45, 2.75) is 32.8 Å². The third-order valence-corrected chi connectivity index (χ3v) is 3.95. The van der Waals surface area contributed by atoms with Crippen molar-refractivity contribution in [2.75, 3.05) is 19.6 Å². The number of nitrogens with two attached hydrogens (primary N) is 1. The van der Waals surface area contributed by atoms with Crippen LogP contribution < -0.4 is 10.5 Å². The van der Waals surface area contributed by atoms with Crippen LogP contribution in [0.25, 0.3) is 0 Å². The maximum atomic E-state index is 12.3. The van der Waals surface area contributed by atoms with Crippen molar-refractivity contribution in [1.29, 1.82) is 0 Å². The van der Waals surface area contributed by atoms with Crippen molar-refractivity contribution in [2.24, 2.45) is 16.6 Å². The van der Waals surface area contributed by atoms with Crippen LogP contribution in [0, 0.1) is 5.92 Å². The van der Waals surface area contributed by atoms with E-state index < -0.39 is 6.61 Å². The summed E-state index contributed by atoms with van der Waals surface area (Å²) in [6, 6.07) is 6.78. The van der Waals surface area contributed by atoms with Crippen LogP contribution in [0.4, 0.5) is 8.78 Å². The molecule has 0 bridgehead atoms. The fraction of sp³-hybridized carbons (Fsp3) is 0.562. The SMILES string of the molecule is CC1CCN(C(N)=NCCc2ccccc2OC(F)F)CC1.I. The normalized spacial score (nSPS) is 16.3. The van der Waals surface area contributed by atoms with Crippen LogP contribution in [-0.2, 0) is 6.42 Å². The number of hydrogen-bond donors (Lipinski definition) is 1. The second-order valence-electron chi connectivity index (χ2n) is 5.65. The van der Waals surface area contributed by atoms with Gasteiger partial charge in [0.1, 0.15) is 5.75 Å². The summed E-state index contributed by atoms with van der Waals surface area (Å²) in [5, 5.41) is 0. The van der Waals surface area contributed by atoms with Gasteiger partial charge >= 0.3 is 6.61 Å². The van der Waals surface area contributed by atoms with E-state index in [2.05, 4.69) is 21.6 Å². The molecule has 0 radical (unpaired) electrons. The molecule has 0 saturated carbocycles. The van der Waals surface area contributed by atoms with Gasteiger partial charge in [-0.25, -0.2) is 0 Å². The summed E-state index contributed by atoms with van der Waals surface area (Å²) in [6.07, 6.45) is 2.77. The Morgan fingerprint density at radius 1 is 1.35 bits per heavy atom. The van der Waals surface area contributed by atoms with E-state index in [0.29, 0.717) is 24.5 Å². The minimum Gasteiger partial charge on any atom is -0.435 e. The Morgan fingerprint density at radius 2 is 2.00 bits per heavy atom. The summed E-state index contributed by atoms with van der Waals surface area (Å²) in [7, 11) is 0. The molecule has 1 aromatic rings. The van der Waals surface area contributed by atoms with Crippen molar-refractivity contribution in [1.82, 2.24) is 4.90 Å². The Kier molecular flexibility index (Phi) is 8.57. The lowest BCUT2D eigenvalue weighted by atomic mass is 10.00. The van der Waals surface area contributed by atoms with Crippen LogP contribution in [0.1, 0.15) is 25.3 Å². The molecule has 1 aromatic carbocycles. The monoisotopic (exact) mass is 439 g/mol. The molecule has 2 N–H and O–H groups in total. The number of halogens is 3. The summed E-state index contributed by atoms with van der Waals surface area (Å²) >= 11 is 0. The molecule has 0 spiro atoms. The van der Waals surface area contributed by atoms with Gasteiger partial charge in [0.15, 0.2) is 5.96 Å². The van der Waals surface area contributed by atoms with Crippen molar-refractivity contribution in [3.8, 4) is 5.75 Å². The number of rotatable bonds is 5. The van der Waals surface area contributed by atoms with Gasteiger partial charge in [0.25, 0.3) is 0 Å². The molecule has 0 aliphatic carbocycles. The van der Waals surface area contributed by atoms with Crippen molar-refractivity contribution in [3.05, 3.63) is 29.8 Å². The molecule has 0 amide bonds. The zero-order valence-corrected chi connectivity index (χ0v) is 15.6. The molecule has 1 saturated heterocycles. The average Bonchev–Trinajstić information content (AvgIpc) is 2.49. The smallest absolute Gasteiger partial charge is 0.387 e. The molecule has 0 aromatic heterocycles. The fourth-order valence-corrected chi connectivity index (χ4v) is 2.55. The van der Waals surface area contributed by atoms with E-state index in [1.54, 1.807) is 24.3 Å². The van der Waals surface area contributed by atoms with E-state index >= 15 is 0 Å². The Labute approximate surface area is 153 Å². The second kappa shape index (κ2) is 9.89. The lowest BCUT2D eigenvalue weighted by molar-refractivity contribution is -0.0504. The minimum atomic E-state index is -2.81. The summed E-state index contributed by atoms with van der Waals surface area (Å²) in [5.41, 5.74) is 6.72. The van der Waals surface area contributed by atoms with Crippen molar-refractivity contribution in [3.63, 3.8) is 0 Å². The molecular formula is C16H24F2IN3O. The summed E-state index contributed by atoms with van der Waals surface area (Å²) in [6.45, 7) is 1.75. The highest BCUT2D eigenvalue weighted by molar-refractivity contribution is 14.0. The molecule has 2 rings (SSSR count). The molecule has 0 atom stereocenters. The number of benzene rings is 1. The topological polar surface area (TPSA) is 50.8 Å². The van der Waals surface area contributed by atoms with Gasteiger partial charge in [0, 0.05) is 19.6 Å². The lowest BCUT2D eigenvalue weighted by Gasteiger charge is -2.31. The first-order chi connectivity index (χ1) is 10.6. The van der Waals surface area contributed by atoms with Gasteiger partial charge < -0.3 is 15.4 Å². The van der Waals surface area contributed by atoms with Crippen LogP contribution in [-0.4, -0.2) is 37.1 Å². The van der Waals surface area contributed by atoms with E-state index in [4.69, 9.17) is 5.73 Å². The zero-order valence-electron chi connectivity index (χ0n) is 13.3. The maximum Gasteiger partial charge on any atom is 0.387 e. The molecule has 0 unspecified atom stereocenters.